The van der Waals surface area contributed by atoms with Gasteiger partial charge in [-0.3, -0.25) is 4.79 Å². The second-order valence-corrected chi connectivity index (χ2v) is 6.05. The van der Waals surface area contributed by atoms with Crippen LogP contribution in [0, 0.1) is 11.8 Å². The van der Waals surface area contributed by atoms with Crippen molar-refractivity contribution in [2.45, 2.75) is 65.0 Å². The summed E-state index contributed by atoms with van der Waals surface area (Å²) in [5, 5.41) is 3.05. The number of carbonyl (C=O) groups excluding carboxylic acids is 1. The van der Waals surface area contributed by atoms with Gasteiger partial charge in [0.1, 0.15) is 0 Å². The van der Waals surface area contributed by atoms with Crippen molar-refractivity contribution < 1.29 is 4.79 Å². The highest BCUT2D eigenvalue weighted by atomic mass is 16.2. The maximum absolute atomic E-state index is 11.7. The predicted octanol–water partition coefficient (Wildman–Crippen LogP) is 2.05. The summed E-state index contributed by atoms with van der Waals surface area (Å²) in [6, 6.07) is 0.338. The van der Waals surface area contributed by atoms with Crippen LogP contribution in [0.3, 0.4) is 0 Å². The van der Waals surface area contributed by atoms with Gasteiger partial charge < -0.3 is 11.1 Å². The van der Waals surface area contributed by atoms with Gasteiger partial charge in [0, 0.05) is 6.04 Å². The van der Waals surface area contributed by atoms with Crippen LogP contribution in [0.2, 0.25) is 0 Å². The second-order valence-electron chi connectivity index (χ2n) is 6.05. The van der Waals surface area contributed by atoms with E-state index in [2.05, 4.69) is 19.2 Å². The maximum atomic E-state index is 11.7. The largest absolute Gasteiger partial charge is 0.352 e. The molecule has 0 aromatic carbocycles. The molecule has 3 nitrogen and oxygen atoms in total. The van der Waals surface area contributed by atoms with E-state index < -0.39 is 5.54 Å². The van der Waals surface area contributed by atoms with Gasteiger partial charge >= 0.3 is 0 Å². The number of rotatable bonds is 3. The zero-order valence-corrected chi connectivity index (χ0v) is 11.0. The molecule has 0 unspecified atom stereocenters. The lowest BCUT2D eigenvalue weighted by molar-refractivity contribution is -0.126. The molecule has 0 aromatic rings. The monoisotopic (exact) mass is 226 g/mol. The summed E-state index contributed by atoms with van der Waals surface area (Å²) in [4.78, 5) is 11.7. The predicted molar refractivity (Wildman–Crippen MR) is 67.0 cm³/mol. The molecule has 0 aliphatic heterocycles. The molecule has 0 spiro atoms. The van der Waals surface area contributed by atoms with Crippen molar-refractivity contribution in [3.05, 3.63) is 0 Å². The van der Waals surface area contributed by atoms with Crippen LogP contribution in [0.25, 0.3) is 0 Å². The van der Waals surface area contributed by atoms with Crippen molar-refractivity contribution in [2.24, 2.45) is 17.6 Å². The van der Waals surface area contributed by atoms with Crippen LogP contribution in [0.4, 0.5) is 0 Å². The minimum absolute atomic E-state index is 0.0273. The fraction of sp³-hybridized carbons (Fsp3) is 0.923. The van der Waals surface area contributed by atoms with E-state index in [-0.39, 0.29) is 5.91 Å². The van der Waals surface area contributed by atoms with Crippen molar-refractivity contribution in [1.29, 1.82) is 0 Å². The highest BCUT2D eigenvalue weighted by Gasteiger charge is 2.28. The van der Waals surface area contributed by atoms with Gasteiger partial charge in [-0.25, -0.2) is 0 Å². The molecule has 1 fully saturated rings. The van der Waals surface area contributed by atoms with Gasteiger partial charge in [-0.15, -0.1) is 0 Å². The molecular weight excluding hydrogens is 200 g/mol. The first-order valence-corrected chi connectivity index (χ1v) is 6.40. The molecule has 0 radical (unpaired) electrons. The normalized spacial score (nSPS) is 26.9. The van der Waals surface area contributed by atoms with Crippen molar-refractivity contribution in [3.8, 4) is 0 Å². The van der Waals surface area contributed by atoms with E-state index in [0.29, 0.717) is 6.04 Å². The number of nitrogens with two attached hydrogens (primary N) is 1. The third kappa shape index (κ3) is 3.78. The summed E-state index contributed by atoms with van der Waals surface area (Å²) in [6.45, 7) is 8.07. The molecule has 3 N–H and O–H groups in total. The van der Waals surface area contributed by atoms with Gasteiger partial charge in [0.25, 0.3) is 0 Å². The number of carbonyl (C=O) groups is 1. The molecule has 0 bridgehead atoms. The fourth-order valence-corrected chi connectivity index (χ4v) is 2.30. The Balaban J connectivity index is 2.35. The van der Waals surface area contributed by atoms with Gasteiger partial charge in [-0.1, -0.05) is 13.8 Å². The summed E-state index contributed by atoms with van der Waals surface area (Å²) in [6.07, 6.45) is 4.66. The van der Waals surface area contributed by atoms with Gasteiger partial charge in [0.15, 0.2) is 0 Å². The number of amides is 1. The number of hydrogen-bond donors (Lipinski definition) is 2. The molecule has 1 rings (SSSR count). The van der Waals surface area contributed by atoms with Gasteiger partial charge in [0.05, 0.1) is 5.54 Å². The minimum Gasteiger partial charge on any atom is -0.352 e. The molecule has 94 valence electrons. The van der Waals surface area contributed by atoms with E-state index in [0.717, 1.165) is 24.7 Å². The van der Waals surface area contributed by atoms with E-state index in [1.807, 2.05) is 0 Å². The molecule has 0 heterocycles. The second kappa shape index (κ2) is 5.17. The van der Waals surface area contributed by atoms with E-state index in [1.54, 1.807) is 13.8 Å². The molecule has 0 atom stereocenters. The molecule has 16 heavy (non-hydrogen) atoms. The van der Waals surface area contributed by atoms with Crippen molar-refractivity contribution >= 4 is 5.91 Å². The van der Waals surface area contributed by atoms with Crippen molar-refractivity contribution in [2.75, 3.05) is 0 Å². The summed E-state index contributed by atoms with van der Waals surface area (Å²) in [5.41, 5.74) is 5.00. The average Bonchev–Trinajstić information content (AvgIpc) is 2.17. The Morgan fingerprint density at radius 1 is 1.25 bits per heavy atom. The molecule has 0 aromatic heterocycles. The molecule has 1 amide bonds. The topological polar surface area (TPSA) is 55.1 Å². The fourth-order valence-electron chi connectivity index (χ4n) is 2.30. The Hall–Kier alpha value is -0.570. The lowest BCUT2D eigenvalue weighted by atomic mass is 9.79. The SMILES string of the molecule is CC(C)C1CCC(NC(=O)C(C)(C)N)CC1. The first-order chi connectivity index (χ1) is 7.30. The number of nitrogens with one attached hydrogen (secondary N) is 1. The molecule has 1 saturated carbocycles. The lowest BCUT2D eigenvalue weighted by Crippen LogP contribution is -2.52. The summed E-state index contributed by atoms with van der Waals surface area (Å²) in [5.74, 6) is 1.57. The Morgan fingerprint density at radius 2 is 1.75 bits per heavy atom. The third-order valence-corrected chi connectivity index (χ3v) is 3.64. The van der Waals surface area contributed by atoms with Gasteiger partial charge in [0.2, 0.25) is 5.91 Å². The Kier molecular flexibility index (Phi) is 4.36. The zero-order chi connectivity index (χ0) is 12.3. The van der Waals surface area contributed by atoms with E-state index in [9.17, 15) is 4.79 Å². The molecule has 3 heteroatoms. The van der Waals surface area contributed by atoms with Crippen LogP contribution in [0.5, 0.6) is 0 Å². The van der Waals surface area contributed by atoms with Crippen molar-refractivity contribution in [3.63, 3.8) is 0 Å². The molecule has 1 aliphatic rings. The first-order valence-electron chi connectivity index (χ1n) is 6.40. The standard InChI is InChI=1S/C13H26N2O/c1-9(2)10-5-7-11(8-6-10)15-12(16)13(3,4)14/h9-11H,5-8,14H2,1-4H3,(H,15,16). The summed E-state index contributed by atoms with van der Waals surface area (Å²) in [7, 11) is 0. The van der Waals surface area contributed by atoms with Crippen LogP contribution in [-0.2, 0) is 4.79 Å². The molecule has 0 saturated heterocycles. The zero-order valence-electron chi connectivity index (χ0n) is 11.0. The first kappa shape index (κ1) is 13.5. The Labute approximate surface area is 99.2 Å². The highest BCUT2D eigenvalue weighted by molar-refractivity contribution is 5.85. The Morgan fingerprint density at radius 3 is 2.12 bits per heavy atom. The summed E-state index contributed by atoms with van der Waals surface area (Å²) < 4.78 is 0. The van der Waals surface area contributed by atoms with Crippen LogP contribution in [0.1, 0.15) is 53.4 Å². The van der Waals surface area contributed by atoms with Crippen LogP contribution in [-0.4, -0.2) is 17.5 Å². The minimum atomic E-state index is -0.755. The number of hydrogen-bond acceptors (Lipinski definition) is 2. The van der Waals surface area contributed by atoms with Crippen LogP contribution in [0.15, 0.2) is 0 Å². The molecule has 1 aliphatic carbocycles. The third-order valence-electron chi connectivity index (χ3n) is 3.64. The van der Waals surface area contributed by atoms with E-state index >= 15 is 0 Å². The quantitative estimate of drug-likeness (QED) is 0.774. The van der Waals surface area contributed by atoms with Gasteiger partial charge in [-0.2, -0.15) is 0 Å². The van der Waals surface area contributed by atoms with Crippen LogP contribution >= 0.6 is 0 Å². The highest BCUT2D eigenvalue weighted by Crippen LogP contribution is 2.29. The van der Waals surface area contributed by atoms with E-state index in [4.69, 9.17) is 5.73 Å². The summed E-state index contributed by atoms with van der Waals surface area (Å²) >= 11 is 0. The lowest BCUT2D eigenvalue weighted by Gasteiger charge is -2.32. The van der Waals surface area contributed by atoms with Crippen LogP contribution < -0.4 is 11.1 Å². The van der Waals surface area contributed by atoms with Gasteiger partial charge in [-0.05, 0) is 51.4 Å². The Bertz CT molecular complexity index is 235. The van der Waals surface area contributed by atoms with E-state index in [1.165, 1.54) is 12.8 Å². The van der Waals surface area contributed by atoms with Crippen molar-refractivity contribution in [1.82, 2.24) is 5.32 Å². The smallest absolute Gasteiger partial charge is 0.239 e. The maximum Gasteiger partial charge on any atom is 0.239 e. The molecular formula is C13H26N2O. The average molecular weight is 226 g/mol.